The van der Waals surface area contributed by atoms with Gasteiger partial charge in [-0.15, -0.1) is 0 Å². The molecule has 5 rings (SSSR count). The Morgan fingerprint density at radius 1 is 0.870 bits per heavy atom. The standard InChI is InChI=1S/C20H15N3/c1-12-13(2)23-18-11-15-7-4-3-6-14(15)10-17(18)19-16(20(23)22-12)8-5-9-21-19/h3-11H,1-2H3. The molecule has 0 spiro atoms. The van der Waals surface area contributed by atoms with Crippen molar-refractivity contribution in [2.45, 2.75) is 13.8 Å². The minimum Gasteiger partial charge on any atom is -0.296 e. The van der Waals surface area contributed by atoms with Crippen LogP contribution in [-0.4, -0.2) is 14.4 Å². The molecule has 0 amide bonds. The fourth-order valence-corrected chi connectivity index (χ4v) is 3.49. The summed E-state index contributed by atoms with van der Waals surface area (Å²) in [5.41, 5.74) is 5.43. The molecule has 3 heteroatoms. The monoisotopic (exact) mass is 297 g/mol. The summed E-state index contributed by atoms with van der Waals surface area (Å²) in [6, 6.07) is 17.1. The third kappa shape index (κ3) is 1.59. The van der Waals surface area contributed by atoms with E-state index in [0.29, 0.717) is 0 Å². The first kappa shape index (κ1) is 12.6. The predicted molar refractivity (Wildman–Crippen MR) is 95.0 cm³/mol. The molecule has 3 nitrogen and oxygen atoms in total. The van der Waals surface area contributed by atoms with Crippen LogP contribution in [0, 0.1) is 13.8 Å². The molecule has 0 atom stereocenters. The van der Waals surface area contributed by atoms with Gasteiger partial charge < -0.3 is 0 Å². The molecule has 3 aromatic heterocycles. The molecular formula is C20H15N3. The number of hydrogen-bond donors (Lipinski definition) is 0. The van der Waals surface area contributed by atoms with Crippen LogP contribution >= 0.6 is 0 Å². The third-order valence-corrected chi connectivity index (χ3v) is 4.75. The lowest BCUT2D eigenvalue weighted by Gasteiger charge is -2.10. The molecule has 0 aliphatic rings. The van der Waals surface area contributed by atoms with Crippen molar-refractivity contribution >= 4 is 38.2 Å². The summed E-state index contributed by atoms with van der Waals surface area (Å²) in [6.07, 6.45) is 1.86. The van der Waals surface area contributed by atoms with Gasteiger partial charge in [0, 0.05) is 22.7 Å². The number of aryl methyl sites for hydroxylation is 2. The highest BCUT2D eigenvalue weighted by molar-refractivity contribution is 6.13. The molecule has 0 bridgehead atoms. The average Bonchev–Trinajstić information content (AvgIpc) is 2.89. The fourth-order valence-electron chi connectivity index (χ4n) is 3.49. The van der Waals surface area contributed by atoms with Crippen molar-refractivity contribution in [1.29, 1.82) is 0 Å². The lowest BCUT2D eigenvalue weighted by molar-refractivity contribution is 1.14. The van der Waals surface area contributed by atoms with Crippen molar-refractivity contribution in [2.75, 3.05) is 0 Å². The molecule has 110 valence electrons. The summed E-state index contributed by atoms with van der Waals surface area (Å²) in [6.45, 7) is 4.20. The predicted octanol–water partition coefficient (Wildman–Crippen LogP) is 4.81. The molecule has 5 aromatic rings. The zero-order valence-corrected chi connectivity index (χ0v) is 13.0. The number of aromatic nitrogens is 3. The van der Waals surface area contributed by atoms with E-state index < -0.39 is 0 Å². The van der Waals surface area contributed by atoms with Gasteiger partial charge in [-0.05, 0) is 48.9 Å². The summed E-state index contributed by atoms with van der Waals surface area (Å²) < 4.78 is 2.26. The highest BCUT2D eigenvalue weighted by atomic mass is 15.0. The third-order valence-electron chi connectivity index (χ3n) is 4.75. The molecule has 0 aliphatic carbocycles. The van der Waals surface area contributed by atoms with Gasteiger partial charge in [0.1, 0.15) is 5.65 Å². The SMILES string of the molecule is Cc1nc2c3cccnc3c3cc4ccccc4cc3n2c1C. The maximum Gasteiger partial charge on any atom is 0.147 e. The molecule has 3 heterocycles. The van der Waals surface area contributed by atoms with E-state index in [1.165, 1.54) is 27.4 Å². The highest BCUT2D eigenvalue weighted by Crippen LogP contribution is 2.32. The topological polar surface area (TPSA) is 30.2 Å². The maximum atomic E-state index is 4.79. The number of benzene rings is 2. The van der Waals surface area contributed by atoms with Gasteiger partial charge in [-0.25, -0.2) is 4.98 Å². The molecule has 2 aromatic carbocycles. The lowest BCUT2D eigenvalue weighted by Crippen LogP contribution is -1.95. The molecule has 0 aliphatic heterocycles. The number of pyridine rings is 2. The van der Waals surface area contributed by atoms with E-state index in [1.807, 2.05) is 12.3 Å². The number of imidazole rings is 1. The van der Waals surface area contributed by atoms with Gasteiger partial charge >= 0.3 is 0 Å². The van der Waals surface area contributed by atoms with Crippen LogP contribution in [0.15, 0.2) is 54.7 Å². The van der Waals surface area contributed by atoms with E-state index in [2.05, 4.69) is 65.7 Å². The van der Waals surface area contributed by atoms with Crippen LogP contribution in [0.2, 0.25) is 0 Å². The zero-order chi connectivity index (χ0) is 15.6. The fraction of sp³-hybridized carbons (Fsp3) is 0.100. The van der Waals surface area contributed by atoms with Crippen molar-refractivity contribution in [2.24, 2.45) is 0 Å². The van der Waals surface area contributed by atoms with Gasteiger partial charge in [0.2, 0.25) is 0 Å². The normalized spacial score (nSPS) is 11.9. The first-order chi connectivity index (χ1) is 11.2. The van der Waals surface area contributed by atoms with E-state index >= 15 is 0 Å². The Morgan fingerprint density at radius 3 is 2.48 bits per heavy atom. The second-order valence-corrected chi connectivity index (χ2v) is 6.06. The number of fused-ring (bicyclic) bond motifs is 7. The van der Waals surface area contributed by atoms with Gasteiger partial charge in [-0.1, -0.05) is 24.3 Å². The largest absolute Gasteiger partial charge is 0.296 e. The Kier molecular flexibility index (Phi) is 2.35. The van der Waals surface area contributed by atoms with E-state index in [9.17, 15) is 0 Å². The molecule has 0 unspecified atom stereocenters. The zero-order valence-electron chi connectivity index (χ0n) is 13.0. The van der Waals surface area contributed by atoms with Crippen molar-refractivity contribution in [3.8, 4) is 0 Å². The minimum atomic E-state index is 0.992. The summed E-state index contributed by atoms with van der Waals surface area (Å²) in [5, 5.41) is 4.75. The van der Waals surface area contributed by atoms with Crippen LogP contribution in [-0.2, 0) is 0 Å². The molecule has 0 saturated carbocycles. The van der Waals surface area contributed by atoms with Crippen molar-refractivity contribution in [3.05, 3.63) is 66.1 Å². The van der Waals surface area contributed by atoms with Crippen molar-refractivity contribution < 1.29 is 0 Å². The summed E-state index contributed by atoms with van der Waals surface area (Å²) in [7, 11) is 0. The van der Waals surface area contributed by atoms with Crippen LogP contribution in [0.3, 0.4) is 0 Å². The van der Waals surface area contributed by atoms with E-state index in [4.69, 9.17) is 4.98 Å². The van der Waals surface area contributed by atoms with Gasteiger partial charge in [-0.2, -0.15) is 0 Å². The smallest absolute Gasteiger partial charge is 0.147 e. The molecule has 0 fully saturated rings. The van der Waals surface area contributed by atoms with Crippen LogP contribution in [0.25, 0.3) is 38.2 Å². The Bertz CT molecular complexity index is 1230. The van der Waals surface area contributed by atoms with Gasteiger partial charge in [0.25, 0.3) is 0 Å². The summed E-state index contributed by atoms with van der Waals surface area (Å²) in [4.78, 5) is 9.45. The Hall–Kier alpha value is -2.94. The van der Waals surface area contributed by atoms with Crippen LogP contribution in [0.5, 0.6) is 0 Å². The Morgan fingerprint density at radius 2 is 1.65 bits per heavy atom. The number of rotatable bonds is 0. The Balaban J connectivity index is 2.19. The molecule has 0 radical (unpaired) electrons. The molecule has 0 saturated heterocycles. The van der Waals surface area contributed by atoms with E-state index in [0.717, 1.165) is 22.2 Å². The van der Waals surface area contributed by atoms with Gasteiger partial charge in [0.15, 0.2) is 0 Å². The highest BCUT2D eigenvalue weighted by Gasteiger charge is 2.14. The van der Waals surface area contributed by atoms with Crippen molar-refractivity contribution in [3.63, 3.8) is 0 Å². The van der Waals surface area contributed by atoms with Crippen LogP contribution in [0.1, 0.15) is 11.4 Å². The average molecular weight is 297 g/mol. The second kappa shape index (κ2) is 4.29. The Labute approximate surface area is 133 Å². The maximum absolute atomic E-state index is 4.79. The number of hydrogen-bond acceptors (Lipinski definition) is 2. The molecular weight excluding hydrogens is 282 g/mol. The summed E-state index contributed by atoms with van der Waals surface area (Å²) in [5.74, 6) is 0. The molecule has 23 heavy (non-hydrogen) atoms. The van der Waals surface area contributed by atoms with Gasteiger partial charge in [0.05, 0.1) is 16.7 Å². The van der Waals surface area contributed by atoms with Crippen LogP contribution in [0.4, 0.5) is 0 Å². The van der Waals surface area contributed by atoms with E-state index in [-0.39, 0.29) is 0 Å². The second-order valence-electron chi connectivity index (χ2n) is 6.06. The summed E-state index contributed by atoms with van der Waals surface area (Å²) >= 11 is 0. The number of nitrogens with zero attached hydrogens (tertiary/aromatic N) is 3. The molecule has 0 N–H and O–H groups in total. The quantitative estimate of drug-likeness (QED) is 0.303. The van der Waals surface area contributed by atoms with E-state index in [1.54, 1.807) is 0 Å². The first-order valence-corrected chi connectivity index (χ1v) is 7.79. The first-order valence-electron chi connectivity index (χ1n) is 7.79. The van der Waals surface area contributed by atoms with Crippen molar-refractivity contribution in [1.82, 2.24) is 14.4 Å². The van der Waals surface area contributed by atoms with Crippen LogP contribution < -0.4 is 0 Å². The lowest BCUT2D eigenvalue weighted by atomic mass is 10.0. The van der Waals surface area contributed by atoms with Gasteiger partial charge in [-0.3, -0.25) is 9.38 Å². The minimum absolute atomic E-state index is 0.992.